The molecular formula is C25H27Cl2N3O5S2. The molecular weight excluding hydrogens is 557 g/mol. The highest BCUT2D eigenvalue weighted by Gasteiger charge is 2.50. The van der Waals surface area contributed by atoms with E-state index in [4.69, 9.17) is 27.9 Å². The summed E-state index contributed by atoms with van der Waals surface area (Å²) in [6.45, 7) is 5.19. The van der Waals surface area contributed by atoms with Crippen LogP contribution < -0.4 is 10.2 Å². The molecule has 2 aromatic carbocycles. The van der Waals surface area contributed by atoms with Gasteiger partial charge in [0.15, 0.2) is 15.0 Å². The molecule has 0 aromatic heterocycles. The molecule has 0 radical (unpaired) electrons. The molecule has 12 heteroatoms. The first-order valence-electron chi connectivity index (χ1n) is 11.6. The molecule has 2 amide bonds. The second-order valence-corrected chi connectivity index (χ2v) is 14.0. The van der Waals surface area contributed by atoms with E-state index in [-0.39, 0.29) is 28.3 Å². The quantitative estimate of drug-likeness (QED) is 0.542. The fourth-order valence-electron chi connectivity index (χ4n) is 4.22. The monoisotopic (exact) mass is 583 g/mol. The number of aliphatic imine (C=N–C) groups is 1. The minimum Gasteiger partial charge on any atom is -0.444 e. The van der Waals surface area contributed by atoms with E-state index in [9.17, 15) is 18.0 Å². The number of carbonyl (C=O) groups is 2. The number of carbonyl (C=O) groups excluding carboxylic acids is 2. The molecule has 2 aliphatic rings. The molecule has 2 fully saturated rings. The minimum atomic E-state index is -3.28. The summed E-state index contributed by atoms with van der Waals surface area (Å²) >= 11 is 14.1. The van der Waals surface area contributed by atoms with Crippen molar-refractivity contribution in [2.24, 2.45) is 4.99 Å². The molecule has 2 aliphatic heterocycles. The van der Waals surface area contributed by atoms with E-state index in [1.165, 1.54) is 11.8 Å². The number of hydrogen-bond donors (Lipinski definition) is 1. The highest BCUT2D eigenvalue weighted by atomic mass is 35.5. The molecule has 8 nitrogen and oxygen atoms in total. The van der Waals surface area contributed by atoms with Gasteiger partial charge in [0.25, 0.3) is 5.91 Å². The zero-order valence-corrected chi connectivity index (χ0v) is 23.6. The molecule has 2 aromatic rings. The highest BCUT2D eigenvalue weighted by molar-refractivity contribution is 8.16. The number of amidine groups is 1. The van der Waals surface area contributed by atoms with E-state index in [0.29, 0.717) is 15.7 Å². The van der Waals surface area contributed by atoms with Gasteiger partial charge in [-0.2, -0.15) is 4.99 Å². The molecule has 0 spiro atoms. The van der Waals surface area contributed by atoms with Crippen molar-refractivity contribution in [1.29, 1.82) is 0 Å². The molecule has 198 valence electrons. The summed E-state index contributed by atoms with van der Waals surface area (Å²) in [5.74, 6) is -0.756. The van der Waals surface area contributed by atoms with E-state index < -0.39 is 39.5 Å². The van der Waals surface area contributed by atoms with Crippen molar-refractivity contribution in [3.05, 3.63) is 64.1 Å². The van der Waals surface area contributed by atoms with Crippen LogP contribution in [0, 0.1) is 0 Å². The number of halogens is 2. The zero-order valence-electron chi connectivity index (χ0n) is 20.5. The van der Waals surface area contributed by atoms with Gasteiger partial charge in [-0.15, -0.1) is 0 Å². The summed E-state index contributed by atoms with van der Waals surface area (Å²) in [6.07, 6.45) is -0.552. The van der Waals surface area contributed by atoms with E-state index in [1.54, 1.807) is 43.9 Å². The van der Waals surface area contributed by atoms with Gasteiger partial charge in [0.1, 0.15) is 11.6 Å². The summed E-state index contributed by atoms with van der Waals surface area (Å²) in [7, 11) is -3.28. The van der Waals surface area contributed by atoms with Crippen molar-refractivity contribution in [2.45, 2.75) is 50.1 Å². The van der Waals surface area contributed by atoms with Gasteiger partial charge >= 0.3 is 6.09 Å². The zero-order chi connectivity index (χ0) is 27.0. The Kier molecular flexibility index (Phi) is 8.13. The van der Waals surface area contributed by atoms with Crippen LogP contribution in [0.1, 0.15) is 26.3 Å². The second-order valence-electron chi connectivity index (χ2n) is 9.86. The normalized spacial score (nSPS) is 22.5. The average molecular weight is 585 g/mol. The Morgan fingerprint density at radius 3 is 2.38 bits per heavy atom. The van der Waals surface area contributed by atoms with E-state index in [0.717, 1.165) is 5.56 Å². The molecule has 3 atom stereocenters. The summed E-state index contributed by atoms with van der Waals surface area (Å²) in [4.78, 5) is 32.1. The number of ether oxygens (including phenoxy) is 1. The Morgan fingerprint density at radius 1 is 1.11 bits per heavy atom. The van der Waals surface area contributed by atoms with Crippen LogP contribution in [0.4, 0.5) is 10.5 Å². The van der Waals surface area contributed by atoms with Crippen LogP contribution in [0.25, 0.3) is 0 Å². The molecule has 4 rings (SSSR count). The number of hydrogen-bond acceptors (Lipinski definition) is 6. The van der Waals surface area contributed by atoms with E-state index >= 15 is 0 Å². The molecule has 37 heavy (non-hydrogen) atoms. The predicted molar refractivity (Wildman–Crippen MR) is 149 cm³/mol. The van der Waals surface area contributed by atoms with Crippen LogP contribution in [0.3, 0.4) is 0 Å². The first-order chi connectivity index (χ1) is 17.3. The van der Waals surface area contributed by atoms with Gasteiger partial charge in [0.2, 0.25) is 0 Å². The summed E-state index contributed by atoms with van der Waals surface area (Å²) in [5.41, 5.74) is 0.470. The maximum Gasteiger partial charge on any atom is 0.408 e. The lowest BCUT2D eigenvalue weighted by Crippen LogP contribution is -2.45. The van der Waals surface area contributed by atoms with Crippen molar-refractivity contribution in [3.8, 4) is 0 Å². The Balaban J connectivity index is 1.69. The molecule has 0 aliphatic carbocycles. The fourth-order valence-corrected chi connectivity index (χ4v) is 8.70. The summed E-state index contributed by atoms with van der Waals surface area (Å²) in [6, 6.07) is 12.7. The highest BCUT2D eigenvalue weighted by Crippen LogP contribution is 2.45. The molecule has 3 unspecified atom stereocenters. The van der Waals surface area contributed by atoms with Gasteiger partial charge in [0, 0.05) is 11.7 Å². The van der Waals surface area contributed by atoms with Crippen molar-refractivity contribution in [3.63, 3.8) is 0 Å². The van der Waals surface area contributed by atoms with Gasteiger partial charge < -0.3 is 15.0 Å². The molecule has 0 saturated carbocycles. The van der Waals surface area contributed by atoms with Crippen molar-refractivity contribution in [2.75, 3.05) is 16.4 Å². The Hall–Kier alpha value is -2.27. The molecule has 0 bridgehead atoms. The summed E-state index contributed by atoms with van der Waals surface area (Å²) < 4.78 is 30.1. The average Bonchev–Trinajstić information content (AvgIpc) is 3.24. The number of nitrogens with zero attached hydrogens (tertiary/aromatic N) is 2. The van der Waals surface area contributed by atoms with Gasteiger partial charge in [-0.3, -0.25) is 4.79 Å². The maximum atomic E-state index is 13.5. The van der Waals surface area contributed by atoms with Gasteiger partial charge in [-0.25, -0.2) is 13.2 Å². The maximum absolute atomic E-state index is 13.5. The lowest BCUT2D eigenvalue weighted by Gasteiger charge is -2.27. The van der Waals surface area contributed by atoms with Crippen LogP contribution in [0.2, 0.25) is 10.0 Å². The molecule has 2 heterocycles. The molecule has 1 N–H and O–H groups in total. The standard InChI is InChI=1S/C25H27Cl2N3O5S2/c1-25(2,3)35-24(32)28-18(12-15-8-5-4-6-9-15)22(31)29-23-30(21-16(26)10-7-11-17(21)27)19-13-37(33,34)14-20(19)36-23/h4-11,18-20H,12-14H2,1-3H3,(H,28,32). The van der Waals surface area contributed by atoms with E-state index in [1.807, 2.05) is 30.3 Å². The van der Waals surface area contributed by atoms with Crippen LogP contribution >= 0.6 is 35.0 Å². The van der Waals surface area contributed by atoms with Gasteiger partial charge in [0.05, 0.1) is 33.3 Å². The fraction of sp³-hybridized carbons (Fsp3) is 0.400. The third-order valence-corrected chi connectivity index (χ3v) is 9.54. The lowest BCUT2D eigenvalue weighted by molar-refractivity contribution is -0.119. The third kappa shape index (κ3) is 6.79. The minimum absolute atomic E-state index is 0.0439. The number of sulfone groups is 1. The Bertz CT molecular complexity index is 1310. The largest absolute Gasteiger partial charge is 0.444 e. The number of anilines is 1. The SMILES string of the molecule is CC(C)(C)OC(=O)NC(Cc1ccccc1)C(=O)N=C1SC2CS(=O)(=O)CC2N1c1c(Cl)cccc1Cl. The molecule has 2 saturated heterocycles. The van der Waals surface area contributed by atoms with Crippen molar-refractivity contribution < 1.29 is 22.7 Å². The number of amides is 2. The Morgan fingerprint density at radius 2 is 1.76 bits per heavy atom. The number of alkyl carbamates (subject to hydrolysis) is 1. The van der Waals surface area contributed by atoms with Crippen LogP contribution in [-0.2, 0) is 25.8 Å². The number of benzene rings is 2. The number of fused-ring (bicyclic) bond motifs is 1. The first-order valence-corrected chi connectivity index (χ1v) is 15.0. The van der Waals surface area contributed by atoms with Crippen LogP contribution in [0.15, 0.2) is 53.5 Å². The third-order valence-electron chi connectivity index (χ3n) is 5.72. The number of thioether (sulfide) groups is 1. The van der Waals surface area contributed by atoms with Crippen molar-refractivity contribution in [1.82, 2.24) is 5.32 Å². The second kappa shape index (κ2) is 10.8. The number of para-hydroxylation sites is 1. The number of rotatable bonds is 5. The van der Waals surface area contributed by atoms with E-state index in [2.05, 4.69) is 10.3 Å². The number of nitrogens with one attached hydrogen (secondary N) is 1. The van der Waals surface area contributed by atoms with Crippen LogP contribution in [-0.4, -0.2) is 60.0 Å². The lowest BCUT2D eigenvalue weighted by atomic mass is 10.1. The topological polar surface area (TPSA) is 105 Å². The Labute approximate surface area is 230 Å². The predicted octanol–water partition coefficient (Wildman–Crippen LogP) is 4.73. The van der Waals surface area contributed by atoms with Gasteiger partial charge in [-0.05, 0) is 38.5 Å². The smallest absolute Gasteiger partial charge is 0.408 e. The first kappa shape index (κ1) is 27.8. The van der Waals surface area contributed by atoms with Crippen molar-refractivity contribution >= 4 is 67.7 Å². The van der Waals surface area contributed by atoms with Gasteiger partial charge in [-0.1, -0.05) is 71.4 Å². The summed E-state index contributed by atoms with van der Waals surface area (Å²) in [5, 5.41) is 3.21. The van der Waals surface area contributed by atoms with Crippen LogP contribution in [0.5, 0.6) is 0 Å².